The van der Waals surface area contributed by atoms with Crippen LogP contribution in [0.2, 0.25) is 0 Å². The lowest BCUT2D eigenvalue weighted by molar-refractivity contribution is -0.122. The number of carbonyl (C=O) groups excluding carboxylic acids is 2. The highest BCUT2D eigenvalue weighted by Gasteiger charge is 2.34. The topological polar surface area (TPSA) is 96.5 Å². The number of carbonyl (C=O) groups is 2. The molecule has 42 heavy (non-hydrogen) atoms. The molecule has 12 heteroatoms. The Balaban J connectivity index is 1.36. The fourth-order valence-corrected chi connectivity index (χ4v) is 5.51. The maximum atomic E-state index is 13.5. The van der Waals surface area contributed by atoms with Crippen LogP contribution in [0, 0.1) is 5.82 Å². The van der Waals surface area contributed by atoms with Crippen LogP contribution in [0.15, 0.2) is 114 Å². The molecule has 0 bridgehead atoms. The highest BCUT2D eigenvalue weighted by atomic mass is 79.9. The number of amides is 2. The number of ether oxygens (including phenoxy) is 1. The van der Waals surface area contributed by atoms with Crippen molar-refractivity contribution < 1.29 is 23.1 Å². The van der Waals surface area contributed by atoms with Gasteiger partial charge in [0, 0.05) is 20.2 Å². The second-order valence-electron chi connectivity index (χ2n) is 8.79. The van der Waals surface area contributed by atoms with Crippen LogP contribution in [0.4, 0.5) is 10.1 Å². The first kappa shape index (κ1) is 29.5. The van der Waals surface area contributed by atoms with Crippen molar-refractivity contribution in [1.29, 1.82) is 0 Å². The number of nitrogens with zero attached hydrogens (tertiary/aromatic N) is 3. The number of rotatable bonds is 9. The predicted octanol–water partition coefficient (Wildman–Crippen LogP) is 7.47. The molecule has 212 valence electrons. The van der Waals surface area contributed by atoms with Gasteiger partial charge in [-0.15, -0.1) is 5.10 Å². The van der Waals surface area contributed by atoms with Gasteiger partial charge < -0.3 is 14.5 Å². The molecular weight excluding hydrogens is 691 g/mol. The molecule has 3 aromatic carbocycles. The third-order valence-electron chi connectivity index (χ3n) is 5.73. The first-order chi connectivity index (χ1) is 20.3. The predicted molar refractivity (Wildman–Crippen MR) is 169 cm³/mol. The molecule has 5 rings (SSSR count). The molecule has 1 fully saturated rings. The van der Waals surface area contributed by atoms with Crippen LogP contribution in [0.1, 0.15) is 16.9 Å². The van der Waals surface area contributed by atoms with Gasteiger partial charge in [0.1, 0.15) is 17.3 Å². The third kappa shape index (κ3) is 7.84. The molecule has 1 N–H and O–H groups in total. The second-order valence-corrected chi connectivity index (χ2v) is 11.6. The number of thioether (sulfide) groups is 1. The van der Waals surface area contributed by atoms with Gasteiger partial charge in [0.25, 0.3) is 11.8 Å². The molecule has 0 atom stereocenters. The summed E-state index contributed by atoms with van der Waals surface area (Å²) in [5.74, 6) is -0.121. The molecule has 1 aromatic heterocycles. The number of amidine groups is 1. The first-order valence-electron chi connectivity index (χ1n) is 12.4. The van der Waals surface area contributed by atoms with Crippen LogP contribution in [-0.4, -0.2) is 34.7 Å². The van der Waals surface area contributed by atoms with E-state index in [1.807, 2.05) is 24.3 Å². The molecule has 2 heterocycles. The Bertz CT molecular complexity index is 1690. The number of hydrogen-bond acceptors (Lipinski definition) is 7. The Labute approximate surface area is 261 Å². The highest BCUT2D eigenvalue weighted by Crippen LogP contribution is 2.36. The number of anilines is 1. The summed E-state index contributed by atoms with van der Waals surface area (Å²) in [5.41, 5.74) is 1.87. The van der Waals surface area contributed by atoms with Gasteiger partial charge in [-0.2, -0.15) is 5.10 Å². The minimum absolute atomic E-state index is 0.173. The standard InChI is InChI=1S/C30H21Br2FN4O4S/c31-21-4-1-3-19(13-21)16-34-36-30-37(17-25-5-2-12-40-25)29(39)27(42-30)15-20-14-22(32)6-11-26(20)41-18-28(38)35-24-9-7-23(33)8-10-24/h1-16H,17-18H2,(H,35,38)/b27-15-,34-16+,36-30-. The van der Waals surface area contributed by atoms with E-state index in [2.05, 4.69) is 47.4 Å². The number of benzene rings is 3. The average Bonchev–Trinajstić information content (AvgIpc) is 3.58. The summed E-state index contributed by atoms with van der Waals surface area (Å²) in [5, 5.41) is 11.6. The van der Waals surface area contributed by atoms with Crippen molar-refractivity contribution in [3.8, 4) is 5.75 Å². The third-order valence-corrected chi connectivity index (χ3v) is 7.71. The smallest absolute Gasteiger partial charge is 0.267 e. The Morgan fingerprint density at radius 2 is 1.86 bits per heavy atom. The normalized spacial score (nSPS) is 15.2. The van der Waals surface area contributed by atoms with Gasteiger partial charge in [0.15, 0.2) is 11.8 Å². The second kappa shape index (κ2) is 13.8. The number of nitrogens with one attached hydrogen (secondary N) is 1. The van der Waals surface area contributed by atoms with Gasteiger partial charge in [-0.3, -0.25) is 14.5 Å². The number of furan rings is 1. The van der Waals surface area contributed by atoms with Crippen LogP contribution in [0.3, 0.4) is 0 Å². The summed E-state index contributed by atoms with van der Waals surface area (Å²) in [4.78, 5) is 27.8. The lowest BCUT2D eigenvalue weighted by atomic mass is 10.2. The van der Waals surface area contributed by atoms with E-state index in [1.165, 1.54) is 40.9 Å². The van der Waals surface area contributed by atoms with Gasteiger partial charge >= 0.3 is 0 Å². The van der Waals surface area contributed by atoms with Crippen molar-refractivity contribution in [2.24, 2.45) is 10.2 Å². The maximum Gasteiger partial charge on any atom is 0.267 e. The summed E-state index contributed by atoms with van der Waals surface area (Å²) in [7, 11) is 0. The lowest BCUT2D eigenvalue weighted by Crippen LogP contribution is -2.28. The lowest BCUT2D eigenvalue weighted by Gasteiger charge is -2.13. The molecule has 0 saturated carbocycles. The van der Waals surface area contributed by atoms with Crippen LogP contribution in [0.25, 0.3) is 6.08 Å². The molecule has 8 nitrogen and oxygen atoms in total. The van der Waals surface area contributed by atoms with Crippen molar-refractivity contribution in [1.82, 2.24) is 4.90 Å². The van der Waals surface area contributed by atoms with Gasteiger partial charge in [-0.1, -0.05) is 44.0 Å². The Morgan fingerprint density at radius 3 is 2.62 bits per heavy atom. The molecule has 1 aliphatic heterocycles. The molecule has 2 amide bonds. The van der Waals surface area contributed by atoms with E-state index < -0.39 is 11.7 Å². The molecule has 1 saturated heterocycles. The summed E-state index contributed by atoms with van der Waals surface area (Å²) in [6.45, 7) is -0.120. The van der Waals surface area contributed by atoms with Crippen molar-refractivity contribution in [2.75, 3.05) is 11.9 Å². The minimum atomic E-state index is -0.420. The monoisotopic (exact) mass is 710 g/mol. The molecule has 0 radical (unpaired) electrons. The minimum Gasteiger partial charge on any atom is -0.483 e. The van der Waals surface area contributed by atoms with Crippen LogP contribution in [0.5, 0.6) is 5.75 Å². The summed E-state index contributed by atoms with van der Waals surface area (Å²) >= 11 is 8.06. The van der Waals surface area contributed by atoms with Crippen LogP contribution in [-0.2, 0) is 16.1 Å². The van der Waals surface area contributed by atoms with E-state index in [0.717, 1.165) is 14.5 Å². The Kier molecular flexibility index (Phi) is 9.67. The van der Waals surface area contributed by atoms with Crippen LogP contribution >= 0.6 is 43.6 Å². The molecular formula is C30H21Br2FN4O4S. The molecule has 0 aliphatic carbocycles. The maximum absolute atomic E-state index is 13.5. The van der Waals surface area contributed by atoms with E-state index in [4.69, 9.17) is 9.15 Å². The molecule has 0 spiro atoms. The fraction of sp³-hybridized carbons (Fsp3) is 0.0667. The largest absolute Gasteiger partial charge is 0.483 e. The molecule has 4 aromatic rings. The summed E-state index contributed by atoms with van der Waals surface area (Å²) in [6, 6.07) is 21.8. The van der Waals surface area contributed by atoms with E-state index >= 15 is 0 Å². The zero-order chi connectivity index (χ0) is 29.5. The van der Waals surface area contributed by atoms with Crippen molar-refractivity contribution in [3.63, 3.8) is 0 Å². The SMILES string of the molecule is O=C(COc1ccc(Br)cc1/C=C1\S/C(=N\N=C\c2cccc(Br)c2)N(Cc2ccco2)C1=O)Nc1ccc(F)cc1. The van der Waals surface area contributed by atoms with Gasteiger partial charge in [0.2, 0.25) is 0 Å². The van der Waals surface area contributed by atoms with E-state index in [-0.39, 0.29) is 19.1 Å². The quantitative estimate of drug-likeness (QED) is 0.110. The molecule has 1 aliphatic rings. The Hall–Kier alpha value is -4.00. The van der Waals surface area contributed by atoms with Gasteiger partial charge in [-0.05, 0) is 90.1 Å². The van der Waals surface area contributed by atoms with Crippen molar-refractivity contribution in [2.45, 2.75) is 6.54 Å². The zero-order valence-corrected chi connectivity index (χ0v) is 25.7. The van der Waals surface area contributed by atoms with Crippen LogP contribution < -0.4 is 10.1 Å². The summed E-state index contributed by atoms with van der Waals surface area (Å²) < 4.78 is 26.1. The van der Waals surface area contributed by atoms with E-state index in [9.17, 15) is 14.0 Å². The van der Waals surface area contributed by atoms with Gasteiger partial charge in [0.05, 0.1) is 23.9 Å². The molecule has 0 unspecified atom stereocenters. The Morgan fingerprint density at radius 1 is 1.05 bits per heavy atom. The van der Waals surface area contributed by atoms with E-state index in [1.54, 1.807) is 48.9 Å². The van der Waals surface area contributed by atoms with E-state index in [0.29, 0.717) is 32.8 Å². The number of halogens is 3. The summed E-state index contributed by atoms with van der Waals surface area (Å²) in [6.07, 6.45) is 4.83. The van der Waals surface area contributed by atoms with Crippen molar-refractivity contribution >= 4 is 78.6 Å². The highest BCUT2D eigenvalue weighted by molar-refractivity contribution is 9.10. The average molecular weight is 712 g/mol. The zero-order valence-electron chi connectivity index (χ0n) is 21.7. The fourth-order valence-electron chi connectivity index (χ4n) is 3.79. The van der Waals surface area contributed by atoms with Gasteiger partial charge in [-0.25, -0.2) is 4.39 Å². The van der Waals surface area contributed by atoms with Crippen molar-refractivity contribution in [3.05, 3.63) is 122 Å². The number of hydrogen-bond donors (Lipinski definition) is 1. The first-order valence-corrected chi connectivity index (χ1v) is 14.8.